The van der Waals surface area contributed by atoms with Gasteiger partial charge in [0.15, 0.2) is 0 Å². The summed E-state index contributed by atoms with van der Waals surface area (Å²) in [5, 5.41) is 5.95. The lowest BCUT2D eigenvalue weighted by Crippen LogP contribution is -2.57. The number of hydrogen-bond donors (Lipinski definition) is 2. The maximum atomic E-state index is 11.0. The summed E-state index contributed by atoms with van der Waals surface area (Å²) in [6.07, 6.45) is 1.03. The lowest BCUT2D eigenvalue weighted by molar-refractivity contribution is -0.129. The van der Waals surface area contributed by atoms with Gasteiger partial charge in [0.2, 0.25) is 5.91 Å². The van der Waals surface area contributed by atoms with E-state index in [1.165, 1.54) is 0 Å². The fourth-order valence-corrected chi connectivity index (χ4v) is 1.48. The predicted molar refractivity (Wildman–Crippen MR) is 44.3 cm³/mol. The van der Waals surface area contributed by atoms with Crippen molar-refractivity contribution in [3.63, 3.8) is 0 Å². The van der Waals surface area contributed by atoms with Crippen LogP contribution in [-0.2, 0) is 4.79 Å². The van der Waals surface area contributed by atoms with Crippen LogP contribution in [0.2, 0.25) is 0 Å². The van der Waals surface area contributed by atoms with Crippen LogP contribution in [-0.4, -0.2) is 25.5 Å². The molecule has 11 heavy (non-hydrogen) atoms. The molecule has 0 aromatic heterocycles. The monoisotopic (exact) mass is 156 g/mol. The number of hydrogen-bond acceptors (Lipinski definition) is 2. The summed E-state index contributed by atoms with van der Waals surface area (Å²) in [6, 6.07) is 0. The molecule has 2 rings (SSSR count). The third-order valence-electron chi connectivity index (χ3n) is 2.30. The number of rotatable bonds is 0. The number of nitrogens with one attached hydrogen (secondary N) is 2. The van der Waals surface area contributed by atoms with E-state index in [0.29, 0.717) is 0 Å². The van der Waals surface area contributed by atoms with Crippen LogP contribution < -0.4 is 10.6 Å². The molecule has 2 saturated heterocycles. The van der Waals surface area contributed by atoms with Gasteiger partial charge in [-0.25, -0.2) is 0 Å². The summed E-state index contributed by atoms with van der Waals surface area (Å²) in [5.74, 6) is 0.251. The molecule has 3 heteroatoms. The van der Waals surface area contributed by atoms with Crippen molar-refractivity contribution in [3.8, 4) is 0 Å². The Labute approximate surface area is 67.5 Å². The van der Waals surface area contributed by atoms with Gasteiger partial charge in [0.05, 0.1) is 5.41 Å². The lowest BCUT2D eigenvalue weighted by Gasteiger charge is -2.35. The molecule has 0 aromatic rings. The Balaban J connectivity index is 0.000000281. The number of carbonyl (C=O) groups is 1. The summed E-state index contributed by atoms with van der Waals surface area (Å²) >= 11 is 0. The smallest absolute Gasteiger partial charge is 0.228 e. The highest BCUT2D eigenvalue weighted by molar-refractivity contribution is 5.86. The fourth-order valence-electron chi connectivity index (χ4n) is 1.48. The topological polar surface area (TPSA) is 41.1 Å². The van der Waals surface area contributed by atoms with Crippen LogP contribution in [0, 0.1) is 5.41 Å². The van der Waals surface area contributed by atoms with Gasteiger partial charge in [0.1, 0.15) is 0 Å². The third kappa shape index (κ3) is 1.25. The minimum Gasteiger partial charge on any atom is -0.355 e. The average molecular weight is 156 g/mol. The molecule has 0 atom stereocenters. The van der Waals surface area contributed by atoms with Gasteiger partial charge in [-0.2, -0.15) is 0 Å². The van der Waals surface area contributed by atoms with Gasteiger partial charge in [0, 0.05) is 19.6 Å². The van der Waals surface area contributed by atoms with Gasteiger partial charge < -0.3 is 10.6 Å². The Kier molecular flexibility index (Phi) is 2.49. The van der Waals surface area contributed by atoms with E-state index < -0.39 is 0 Å². The quantitative estimate of drug-likeness (QED) is 0.523. The van der Waals surface area contributed by atoms with Crippen molar-refractivity contribution < 1.29 is 4.79 Å². The summed E-state index contributed by atoms with van der Waals surface area (Å²) in [6.45, 7) is 6.65. The third-order valence-corrected chi connectivity index (χ3v) is 2.30. The van der Waals surface area contributed by atoms with Crippen LogP contribution in [0.1, 0.15) is 20.3 Å². The Morgan fingerprint density at radius 2 is 2.00 bits per heavy atom. The van der Waals surface area contributed by atoms with Crippen LogP contribution in [0.4, 0.5) is 0 Å². The summed E-state index contributed by atoms with van der Waals surface area (Å²) in [7, 11) is 0. The minimum absolute atomic E-state index is 0.0139. The second-order valence-corrected chi connectivity index (χ2v) is 2.89. The van der Waals surface area contributed by atoms with Crippen LogP contribution in [0.3, 0.4) is 0 Å². The Morgan fingerprint density at radius 1 is 1.36 bits per heavy atom. The first-order valence-electron chi connectivity index (χ1n) is 4.33. The van der Waals surface area contributed by atoms with Crippen molar-refractivity contribution in [2.75, 3.05) is 19.6 Å². The number of amides is 1. The maximum absolute atomic E-state index is 11.0. The van der Waals surface area contributed by atoms with Crippen LogP contribution in [0.25, 0.3) is 0 Å². The molecule has 1 amide bonds. The van der Waals surface area contributed by atoms with Gasteiger partial charge in [-0.1, -0.05) is 13.8 Å². The molecule has 0 radical (unpaired) electrons. The van der Waals surface area contributed by atoms with Crippen molar-refractivity contribution >= 4 is 5.91 Å². The zero-order valence-corrected chi connectivity index (χ0v) is 7.24. The van der Waals surface area contributed by atoms with Gasteiger partial charge >= 0.3 is 0 Å². The van der Waals surface area contributed by atoms with E-state index in [0.717, 1.165) is 26.1 Å². The minimum atomic E-state index is 0.0139. The van der Waals surface area contributed by atoms with Crippen LogP contribution >= 0.6 is 0 Å². The van der Waals surface area contributed by atoms with E-state index in [1.807, 2.05) is 13.8 Å². The molecule has 2 heterocycles. The lowest BCUT2D eigenvalue weighted by atomic mass is 9.80. The molecule has 0 aliphatic carbocycles. The highest BCUT2D eigenvalue weighted by atomic mass is 16.2. The van der Waals surface area contributed by atoms with E-state index in [9.17, 15) is 4.79 Å². The molecular formula is C8H16N2O. The molecule has 1 spiro atoms. The summed E-state index contributed by atoms with van der Waals surface area (Å²) < 4.78 is 0. The van der Waals surface area contributed by atoms with Crippen molar-refractivity contribution in [2.45, 2.75) is 20.3 Å². The SMILES string of the molecule is CC.O=C1NCCC12CNC2. The largest absolute Gasteiger partial charge is 0.355 e. The molecule has 0 saturated carbocycles. The van der Waals surface area contributed by atoms with E-state index in [4.69, 9.17) is 0 Å². The predicted octanol–water partition coefficient (Wildman–Crippen LogP) is 0.122. The van der Waals surface area contributed by atoms with Crippen LogP contribution in [0.15, 0.2) is 0 Å². The molecule has 0 bridgehead atoms. The zero-order chi connectivity index (χ0) is 8.32. The molecular weight excluding hydrogens is 140 g/mol. The highest BCUT2D eigenvalue weighted by Gasteiger charge is 2.46. The average Bonchev–Trinajstić information content (AvgIpc) is 2.34. The van der Waals surface area contributed by atoms with Crippen molar-refractivity contribution in [3.05, 3.63) is 0 Å². The molecule has 0 aromatic carbocycles. The molecule has 3 nitrogen and oxygen atoms in total. The number of carbonyl (C=O) groups excluding carboxylic acids is 1. The molecule has 64 valence electrons. The molecule has 2 aliphatic rings. The van der Waals surface area contributed by atoms with Crippen molar-refractivity contribution in [1.29, 1.82) is 0 Å². The second-order valence-electron chi connectivity index (χ2n) is 2.89. The van der Waals surface area contributed by atoms with Crippen molar-refractivity contribution in [1.82, 2.24) is 10.6 Å². The van der Waals surface area contributed by atoms with E-state index in [2.05, 4.69) is 10.6 Å². The molecule has 0 unspecified atom stereocenters. The van der Waals surface area contributed by atoms with Gasteiger partial charge in [-0.05, 0) is 6.42 Å². The first-order chi connectivity index (χ1) is 5.33. The van der Waals surface area contributed by atoms with Gasteiger partial charge in [-0.3, -0.25) is 4.79 Å². The Bertz CT molecular complexity index is 152. The van der Waals surface area contributed by atoms with E-state index >= 15 is 0 Å². The molecule has 2 aliphatic heterocycles. The summed E-state index contributed by atoms with van der Waals surface area (Å²) in [4.78, 5) is 11.0. The first kappa shape index (κ1) is 8.53. The highest BCUT2D eigenvalue weighted by Crippen LogP contribution is 2.30. The van der Waals surface area contributed by atoms with Gasteiger partial charge in [0.25, 0.3) is 0 Å². The van der Waals surface area contributed by atoms with E-state index in [-0.39, 0.29) is 11.3 Å². The fraction of sp³-hybridized carbons (Fsp3) is 0.875. The zero-order valence-electron chi connectivity index (χ0n) is 7.24. The second kappa shape index (κ2) is 3.22. The standard InChI is InChI=1S/C6H10N2O.C2H6/c9-5-6(1-2-8-5)3-7-4-6;1-2/h7H,1-4H2,(H,8,9);1-2H3. The summed E-state index contributed by atoms with van der Waals surface area (Å²) in [5.41, 5.74) is 0.0139. The van der Waals surface area contributed by atoms with Gasteiger partial charge in [-0.15, -0.1) is 0 Å². The van der Waals surface area contributed by atoms with E-state index in [1.54, 1.807) is 0 Å². The van der Waals surface area contributed by atoms with Crippen molar-refractivity contribution in [2.24, 2.45) is 5.41 Å². The maximum Gasteiger partial charge on any atom is 0.228 e. The normalized spacial score (nSPS) is 25.1. The molecule has 2 fully saturated rings. The molecule has 2 N–H and O–H groups in total. The first-order valence-corrected chi connectivity index (χ1v) is 4.33. The van der Waals surface area contributed by atoms with Crippen LogP contribution in [0.5, 0.6) is 0 Å². The Hall–Kier alpha value is -0.570. The Morgan fingerprint density at radius 3 is 2.18 bits per heavy atom.